The molecule has 0 aliphatic rings. The van der Waals surface area contributed by atoms with Crippen LogP contribution in [0.15, 0.2) is 24.3 Å². The SMILES string of the molecule is CCc1nnc(NC(=O)c2nnn(-c3ccc(C)cc3)c2N)s1. The van der Waals surface area contributed by atoms with E-state index >= 15 is 0 Å². The highest BCUT2D eigenvalue weighted by Gasteiger charge is 2.19. The zero-order valence-corrected chi connectivity index (χ0v) is 13.5. The van der Waals surface area contributed by atoms with Gasteiger partial charge < -0.3 is 5.73 Å². The maximum Gasteiger partial charge on any atom is 0.281 e. The third-order valence-corrected chi connectivity index (χ3v) is 4.17. The summed E-state index contributed by atoms with van der Waals surface area (Å²) in [4.78, 5) is 12.3. The minimum atomic E-state index is -0.459. The summed E-state index contributed by atoms with van der Waals surface area (Å²) >= 11 is 1.32. The van der Waals surface area contributed by atoms with E-state index in [1.807, 2.05) is 38.1 Å². The van der Waals surface area contributed by atoms with Gasteiger partial charge in [0.25, 0.3) is 5.91 Å². The molecule has 0 unspecified atom stereocenters. The first kappa shape index (κ1) is 15.1. The van der Waals surface area contributed by atoms with Crippen LogP contribution in [-0.2, 0) is 6.42 Å². The largest absolute Gasteiger partial charge is 0.382 e. The van der Waals surface area contributed by atoms with Gasteiger partial charge in [-0.3, -0.25) is 10.1 Å². The predicted octanol–water partition coefficient (Wildman–Crippen LogP) is 1.82. The van der Waals surface area contributed by atoms with Crippen LogP contribution in [0.4, 0.5) is 10.9 Å². The molecule has 2 heterocycles. The smallest absolute Gasteiger partial charge is 0.281 e. The number of nitrogens with two attached hydrogens (primary N) is 1. The fourth-order valence-corrected chi connectivity index (χ4v) is 2.61. The highest BCUT2D eigenvalue weighted by molar-refractivity contribution is 7.15. The fraction of sp³-hybridized carbons (Fsp3) is 0.214. The Labute approximate surface area is 136 Å². The van der Waals surface area contributed by atoms with Crippen molar-refractivity contribution < 1.29 is 4.79 Å². The van der Waals surface area contributed by atoms with Gasteiger partial charge in [0.05, 0.1) is 5.69 Å². The third-order valence-electron chi connectivity index (χ3n) is 3.19. The number of rotatable bonds is 4. The van der Waals surface area contributed by atoms with Crippen molar-refractivity contribution in [1.29, 1.82) is 0 Å². The Hall–Kier alpha value is -2.81. The number of carbonyl (C=O) groups excluding carboxylic acids is 1. The molecule has 0 saturated carbocycles. The lowest BCUT2D eigenvalue weighted by Crippen LogP contribution is -2.15. The van der Waals surface area contributed by atoms with Crippen molar-refractivity contribution in [3.63, 3.8) is 0 Å². The van der Waals surface area contributed by atoms with E-state index in [4.69, 9.17) is 5.73 Å². The van der Waals surface area contributed by atoms with Crippen LogP contribution in [0.5, 0.6) is 0 Å². The number of nitrogen functional groups attached to an aromatic ring is 1. The van der Waals surface area contributed by atoms with Crippen molar-refractivity contribution in [2.24, 2.45) is 0 Å². The molecule has 3 aromatic rings. The Morgan fingerprint density at radius 2 is 2.00 bits per heavy atom. The minimum Gasteiger partial charge on any atom is -0.382 e. The number of aromatic nitrogens is 5. The quantitative estimate of drug-likeness (QED) is 0.755. The van der Waals surface area contributed by atoms with Gasteiger partial charge in [0.1, 0.15) is 5.01 Å². The van der Waals surface area contributed by atoms with Gasteiger partial charge in [-0.15, -0.1) is 15.3 Å². The number of nitrogens with one attached hydrogen (secondary N) is 1. The molecule has 1 amide bonds. The van der Waals surface area contributed by atoms with Crippen LogP contribution in [0.3, 0.4) is 0 Å². The molecule has 2 aromatic heterocycles. The second-order valence-electron chi connectivity index (χ2n) is 4.88. The summed E-state index contributed by atoms with van der Waals surface area (Å²) in [7, 11) is 0. The lowest BCUT2D eigenvalue weighted by molar-refractivity contribution is 0.102. The van der Waals surface area contributed by atoms with Crippen LogP contribution in [0.1, 0.15) is 28.0 Å². The summed E-state index contributed by atoms with van der Waals surface area (Å²) in [6.45, 7) is 3.96. The van der Waals surface area contributed by atoms with Gasteiger partial charge in [0.2, 0.25) is 5.13 Å². The van der Waals surface area contributed by atoms with Gasteiger partial charge in [-0.05, 0) is 25.5 Å². The second kappa shape index (κ2) is 6.13. The summed E-state index contributed by atoms with van der Waals surface area (Å²) in [5, 5.41) is 19.6. The molecule has 0 aliphatic heterocycles. The molecule has 23 heavy (non-hydrogen) atoms. The zero-order chi connectivity index (χ0) is 16.4. The molecule has 3 N–H and O–H groups in total. The lowest BCUT2D eigenvalue weighted by atomic mass is 10.2. The van der Waals surface area contributed by atoms with Gasteiger partial charge in [-0.2, -0.15) is 4.68 Å². The molecule has 0 aliphatic carbocycles. The Morgan fingerprint density at radius 3 is 2.65 bits per heavy atom. The van der Waals surface area contributed by atoms with Crippen LogP contribution >= 0.6 is 11.3 Å². The molecule has 0 radical (unpaired) electrons. The van der Waals surface area contributed by atoms with Crippen LogP contribution in [0.25, 0.3) is 5.69 Å². The molecule has 1 aromatic carbocycles. The number of anilines is 2. The summed E-state index contributed by atoms with van der Waals surface area (Å²) in [6, 6.07) is 7.59. The van der Waals surface area contributed by atoms with Crippen molar-refractivity contribution in [3.8, 4) is 5.69 Å². The van der Waals surface area contributed by atoms with Crippen molar-refractivity contribution in [1.82, 2.24) is 25.2 Å². The van der Waals surface area contributed by atoms with Crippen molar-refractivity contribution in [3.05, 3.63) is 40.5 Å². The average molecular weight is 329 g/mol. The van der Waals surface area contributed by atoms with Gasteiger partial charge >= 0.3 is 0 Å². The van der Waals surface area contributed by atoms with Crippen LogP contribution in [0.2, 0.25) is 0 Å². The number of nitrogens with zero attached hydrogens (tertiary/aromatic N) is 5. The number of carbonyl (C=O) groups is 1. The molecule has 0 fully saturated rings. The van der Waals surface area contributed by atoms with E-state index in [9.17, 15) is 4.79 Å². The summed E-state index contributed by atoms with van der Waals surface area (Å²) < 4.78 is 1.42. The molecule has 3 rings (SSSR count). The molecule has 0 atom stereocenters. The third kappa shape index (κ3) is 3.04. The Morgan fingerprint density at radius 1 is 1.26 bits per heavy atom. The van der Waals surface area contributed by atoms with E-state index in [0.29, 0.717) is 5.13 Å². The molecule has 0 saturated heterocycles. The molecule has 0 bridgehead atoms. The Kier molecular flexibility index (Phi) is 4.02. The van der Waals surface area contributed by atoms with E-state index in [-0.39, 0.29) is 11.5 Å². The summed E-state index contributed by atoms with van der Waals surface area (Å²) in [5.41, 5.74) is 7.92. The van der Waals surface area contributed by atoms with Crippen molar-refractivity contribution in [2.45, 2.75) is 20.3 Å². The Bertz CT molecular complexity index is 837. The number of aryl methyl sites for hydroxylation is 2. The van der Waals surface area contributed by atoms with Crippen LogP contribution in [0, 0.1) is 6.92 Å². The number of amides is 1. The van der Waals surface area contributed by atoms with E-state index in [0.717, 1.165) is 22.7 Å². The number of hydrogen-bond acceptors (Lipinski definition) is 7. The maximum atomic E-state index is 12.3. The predicted molar refractivity (Wildman–Crippen MR) is 87.7 cm³/mol. The van der Waals surface area contributed by atoms with E-state index in [1.54, 1.807) is 0 Å². The van der Waals surface area contributed by atoms with Gasteiger partial charge in [-0.1, -0.05) is 41.2 Å². The first-order valence-corrected chi connectivity index (χ1v) is 7.82. The van der Waals surface area contributed by atoms with Crippen molar-refractivity contribution in [2.75, 3.05) is 11.1 Å². The average Bonchev–Trinajstić information content (AvgIpc) is 3.14. The highest BCUT2D eigenvalue weighted by atomic mass is 32.1. The first-order valence-electron chi connectivity index (χ1n) is 7.00. The number of benzene rings is 1. The van der Waals surface area contributed by atoms with Crippen molar-refractivity contribution >= 4 is 28.2 Å². The molecular formula is C14H15N7OS. The zero-order valence-electron chi connectivity index (χ0n) is 12.6. The number of hydrogen-bond donors (Lipinski definition) is 2. The maximum absolute atomic E-state index is 12.3. The minimum absolute atomic E-state index is 0.0545. The second-order valence-corrected chi connectivity index (χ2v) is 5.94. The van der Waals surface area contributed by atoms with E-state index in [2.05, 4.69) is 25.8 Å². The van der Waals surface area contributed by atoms with Gasteiger partial charge in [0, 0.05) is 0 Å². The lowest BCUT2D eigenvalue weighted by Gasteiger charge is -2.03. The summed E-state index contributed by atoms with van der Waals surface area (Å²) in [6.07, 6.45) is 0.763. The molecule has 8 nitrogen and oxygen atoms in total. The molecule has 0 spiro atoms. The van der Waals surface area contributed by atoms with E-state index in [1.165, 1.54) is 16.0 Å². The highest BCUT2D eigenvalue weighted by Crippen LogP contribution is 2.19. The Balaban J connectivity index is 1.83. The normalized spacial score (nSPS) is 10.7. The van der Waals surface area contributed by atoms with E-state index < -0.39 is 5.91 Å². The van der Waals surface area contributed by atoms with Crippen LogP contribution in [-0.4, -0.2) is 31.1 Å². The molecule has 118 valence electrons. The van der Waals surface area contributed by atoms with Gasteiger partial charge in [0.15, 0.2) is 11.5 Å². The molecule has 9 heteroatoms. The fourth-order valence-electron chi connectivity index (χ4n) is 1.93. The van der Waals surface area contributed by atoms with Crippen LogP contribution < -0.4 is 11.1 Å². The topological polar surface area (TPSA) is 112 Å². The summed E-state index contributed by atoms with van der Waals surface area (Å²) in [5.74, 6) is -0.286. The van der Waals surface area contributed by atoms with Gasteiger partial charge in [-0.25, -0.2) is 0 Å². The standard InChI is InChI=1S/C14H15N7OS/c1-3-10-17-19-14(23-10)16-13(22)11-12(15)21(20-18-11)9-6-4-8(2)5-7-9/h4-7H,3,15H2,1-2H3,(H,16,19,22). The first-order chi connectivity index (χ1) is 11.1. The monoisotopic (exact) mass is 329 g/mol. The molecular weight excluding hydrogens is 314 g/mol.